The molecular formula is C25H35NO9. The zero-order chi connectivity index (χ0) is 26.6. The Hall–Kier alpha value is -3.56. The Balaban J connectivity index is 3.79. The predicted molar refractivity (Wildman–Crippen MR) is 127 cm³/mol. The quantitative estimate of drug-likeness (QED) is 0.213. The first-order valence-electron chi connectivity index (χ1n) is 11.2. The normalized spacial score (nSPS) is 12.4. The van der Waals surface area contributed by atoms with Crippen molar-refractivity contribution in [3.05, 3.63) is 42.0 Å². The largest absolute Gasteiger partial charge is 0.497 e. The lowest BCUT2D eigenvalue weighted by atomic mass is 9.73. The topological polar surface area (TPSA) is 126 Å². The third kappa shape index (κ3) is 8.31. The number of methoxy groups -OCH3 is 2. The second kappa shape index (κ2) is 13.4. The van der Waals surface area contributed by atoms with E-state index in [1.807, 2.05) is 0 Å². The number of nitrogens with one attached hydrogen (secondary N) is 1. The van der Waals surface area contributed by atoms with E-state index >= 15 is 0 Å². The SMILES string of the molecule is CCOC(=O)C(C/C=C/C(=O)OC)(C(=O)OCC)[C@H](NC(=O)OC(C)(C)C)c1ccc(OC)cc1. The molecule has 0 fully saturated rings. The van der Waals surface area contributed by atoms with Crippen LogP contribution in [0.2, 0.25) is 0 Å². The zero-order valence-corrected chi connectivity index (χ0v) is 21.3. The number of carbonyl (C=O) groups excluding carboxylic acids is 4. The van der Waals surface area contributed by atoms with Gasteiger partial charge in [0.25, 0.3) is 0 Å². The highest BCUT2D eigenvalue weighted by atomic mass is 16.6. The van der Waals surface area contributed by atoms with E-state index in [2.05, 4.69) is 10.1 Å². The smallest absolute Gasteiger partial charge is 0.408 e. The molecule has 1 N–H and O–H groups in total. The predicted octanol–water partition coefficient (Wildman–Crippen LogP) is 3.49. The third-order valence-corrected chi connectivity index (χ3v) is 4.78. The van der Waals surface area contributed by atoms with Gasteiger partial charge in [0.15, 0.2) is 5.41 Å². The van der Waals surface area contributed by atoms with E-state index in [-0.39, 0.29) is 19.6 Å². The molecular weight excluding hydrogens is 458 g/mol. The molecule has 0 spiro atoms. The lowest BCUT2D eigenvalue weighted by molar-refractivity contribution is -0.174. The minimum Gasteiger partial charge on any atom is -0.497 e. The van der Waals surface area contributed by atoms with E-state index in [0.29, 0.717) is 11.3 Å². The molecule has 10 nitrogen and oxygen atoms in total. The molecule has 0 aliphatic carbocycles. The molecule has 1 rings (SSSR count). The molecule has 10 heteroatoms. The molecule has 1 amide bonds. The number of allylic oxidation sites excluding steroid dienone is 1. The maximum atomic E-state index is 13.4. The monoisotopic (exact) mass is 493 g/mol. The Morgan fingerprint density at radius 1 is 0.943 bits per heavy atom. The van der Waals surface area contributed by atoms with Crippen molar-refractivity contribution in [1.29, 1.82) is 0 Å². The average Bonchev–Trinajstić information content (AvgIpc) is 2.79. The van der Waals surface area contributed by atoms with Gasteiger partial charge in [-0.25, -0.2) is 9.59 Å². The first-order chi connectivity index (χ1) is 16.4. The van der Waals surface area contributed by atoms with Crippen molar-refractivity contribution >= 4 is 24.0 Å². The lowest BCUT2D eigenvalue weighted by Crippen LogP contribution is -2.53. The van der Waals surface area contributed by atoms with Crippen molar-refractivity contribution in [1.82, 2.24) is 5.32 Å². The fourth-order valence-electron chi connectivity index (χ4n) is 3.25. The summed E-state index contributed by atoms with van der Waals surface area (Å²) in [5.41, 5.74) is -2.57. The van der Waals surface area contributed by atoms with E-state index in [4.69, 9.17) is 18.9 Å². The van der Waals surface area contributed by atoms with Crippen molar-refractivity contribution < 1.29 is 42.9 Å². The maximum Gasteiger partial charge on any atom is 0.408 e. The molecule has 0 saturated heterocycles. The van der Waals surface area contributed by atoms with Crippen LogP contribution >= 0.6 is 0 Å². The summed E-state index contributed by atoms with van der Waals surface area (Å²) < 4.78 is 25.8. The molecule has 1 aromatic carbocycles. The van der Waals surface area contributed by atoms with Gasteiger partial charge in [-0.2, -0.15) is 0 Å². The van der Waals surface area contributed by atoms with Crippen LogP contribution in [-0.4, -0.2) is 57.0 Å². The minimum atomic E-state index is -2.10. The Kier molecular flexibility index (Phi) is 11.2. The van der Waals surface area contributed by atoms with Crippen molar-refractivity contribution in [3.63, 3.8) is 0 Å². The molecule has 35 heavy (non-hydrogen) atoms. The highest BCUT2D eigenvalue weighted by molar-refractivity contribution is 6.02. The Morgan fingerprint density at radius 3 is 1.91 bits per heavy atom. The molecule has 0 bridgehead atoms. The van der Waals surface area contributed by atoms with Crippen LogP contribution < -0.4 is 10.1 Å². The number of rotatable bonds is 11. The van der Waals surface area contributed by atoms with E-state index in [9.17, 15) is 19.2 Å². The van der Waals surface area contributed by atoms with Crippen LogP contribution in [0.15, 0.2) is 36.4 Å². The van der Waals surface area contributed by atoms with Gasteiger partial charge in [-0.05, 0) is 58.7 Å². The van der Waals surface area contributed by atoms with Gasteiger partial charge in [-0.15, -0.1) is 0 Å². The minimum absolute atomic E-state index is 0.0392. The van der Waals surface area contributed by atoms with Gasteiger partial charge in [0.2, 0.25) is 0 Å². The van der Waals surface area contributed by atoms with Crippen LogP contribution in [0.25, 0.3) is 0 Å². The molecule has 0 aliphatic rings. The summed E-state index contributed by atoms with van der Waals surface area (Å²) in [6.45, 7) is 8.13. The number of alkyl carbamates (subject to hydrolysis) is 1. The molecule has 1 atom stereocenters. The van der Waals surface area contributed by atoms with Crippen LogP contribution in [0.4, 0.5) is 4.79 Å². The van der Waals surface area contributed by atoms with Crippen molar-refractivity contribution in [2.75, 3.05) is 27.4 Å². The summed E-state index contributed by atoms with van der Waals surface area (Å²) in [6.07, 6.45) is 1.17. The van der Waals surface area contributed by atoms with E-state index in [0.717, 1.165) is 6.08 Å². The molecule has 0 radical (unpaired) electrons. The van der Waals surface area contributed by atoms with Crippen LogP contribution in [0.3, 0.4) is 0 Å². The fourth-order valence-corrected chi connectivity index (χ4v) is 3.25. The third-order valence-electron chi connectivity index (χ3n) is 4.78. The van der Waals surface area contributed by atoms with E-state index in [1.54, 1.807) is 58.9 Å². The summed E-state index contributed by atoms with van der Waals surface area (Å²) in [5, 5.41) is 2.65. The molecule has 0 unspecified atom stereocenters. The van der Waals surface area contributed by atoms with Gasteiger partial charge in [-0.1, -0.05) is 18.2 Å². The molecule has 0 saturated carbocycles. The highest BCUT2D eigenvalue weighted by Gasteiger charge is 2.56. The number of hydrogen-bond acceptors (Lipinski definition) is 9. The Labute approximate surface area is 205 Å². The molecule has 0 heterocycles. The molecule has 0 aromatic heterocycles. The number of benzene rings is 1. The number of amides is 1. The number of carbonyl (C=O) groups is 4. The average molecular weight is 494 g/mol. The van der Waals surface area contributed by atoms with Gasteiger partial charge in [0.05, 0.1) is 33.5 Å². The summed E-state index contributed by atoms with van der Waals surface area (Å²) in [6, 6.07) is 5.13. The number of ether oxygens (including phenoxy) is 5. The molecule has 0 aliphatic heterocycles. The zero-order valence-electron chi connectivity index (χ0n) is 21.3. The Bertz CT molecular complexity index is 883. The number of esters is 3. The highest BCUT2D eigenvalue weighted by Crippen LogP contribution is 2.41. The summed E-state index contributed by atoms with van der Waals surface area (Å²) >= 11 is 0. The second-order valence-corrected chi connectivity index (χ2v) is 8.39. The van der Waals surface area contributed by atoms with Crippen molar-refractivity contribution in [3.8, 4) is 5.75 Å². The van der Waals surface area contributed by atoms with Gasteiger partial charge < -0.3 is 29.0 Å². The van der Waals surface area contributed by atoms with E-state index < -0.39 is 41.1 Å². The number of hydrogen-bond donors (Lipinski definition) is 1. The van der Waals surface area contributed by atoms with Crippen LogP contribution in [0.5, 0.6) is 5.75 Å². The van der Waals surface area contributed by atoms with Gasteiger partial charge >= 0.3 is 24.0 Å². The van der Waals surface area contributed by atoms with Crippen LogP contribution in [0, 0.1) is 5.41 Å². The van der Waals surface area contributed by atoms with Crippen LogP contribution in [-0.2, 0) is 33.3 Å². The van der Waals surface area contributed by atoms with Gasteiger partial charge in [-0.3, -0.25) is 9.59 Å². The molecule has 1 aromatic rings. The fraction of sp³-hybridized carbons (Fsp3) is 0.520. The molecule has 194 valence electrons. The maximum absolute atomic E-state index is 13.4. The summed E-state index contributed by atoms with van der Waals surface area (Å²) in [5.74, 6) is -2.05. The van der Waals surface area contributed by atoms with Gasteiger partial charge in [0.1, 0.15) is 11.4 Å². The standard InChI is InChI=1S/C25H35NO9/c1-8-33-21(28)25(22(29)34-9-2,16-10-11-19(27)32-7)20(26-23(30)35-24(3,4)5)17-12-14-18(31-6)15-13-17/h10-15,20H,8-9,16H2,1-7H3,(H,26,30)/b11-10+/t20-/m1/s1. The van der Waals surface area contributed by atoms with Crippen LogP contribution in [0.1, 0.15) is 52.6 Å². The van der Waals surface area contributed by atoms with Crippen molar-refractivity contribution in [2.45, 2.75) is 52.7 Å². The van der Waals surface area contributed by atoms with Crippen molar-refractivity contribution in [2.24, 2.45) is 5.41 Å². The Morgan fingerprint density at radius 2 is 1.49 bits per heavy atom. The van der Waals surface area contributed by atoms with E-state index in [1.165, 1.54) is 20.3 Å². The first kappa shape index (κ1) is 29.5. The van der Waals surface area contributed by atoms with Gasteiger partial charge in [0, 0.05) is 6.08 Å². The first-order valence-corrected chi connectivity index (χ1v) is 11.2. The summed E-state index contributed by atoms with van der Waals surface area (Å²) in [7, 11) is 2.69. The second-order valence-electron chi connectivity index (χ2n) is 8.39. The lowest BCUT2D eigenvalue weighted by Gasteiger charge is -2.36. The summed E-state index contributed by atoms with van der Waals surface area (Å²) in [4.78, 5) is 51.4.